The molecule has 0 unspecified atom stereocenters. The van der Waals surface area contributed by atoms with Crippen LogP contribution in [0.1, 0.15) is 22.8 Å². The number of nitrogens with one attached hydrogen (secondary N) is 2. The van der Waals surface area contributed by atoms with Crippen molar-refractivity contribution in [2.24, 2.45) is 0 Å². The molecule has 2 aliphatic heterocycles. The molecule has 3 aromatic heterocycles. The van der Waals surface area contributed by atoms with Crippen molar-refractivity contribution >= 4 is 134 Å². The second-order valence-corrected chi connectivity index (χ2v) is 30.1. The molecule has 0 saturated carbocycles. The molecule has 2 N–H and O–H groups in total. The maximum absolute atomic E-state index is 14.3. The minimum absolute atomic E-state index is 0.228. The van der Waals surface area contributed by atoms with E-state index in [1.54, 1.807) is 48.6 Å². The zero-order chi connectivity index (χ0) is 75.6. The summed E-state index contributed by atoms with van der Waals surface area (Å²) in [6.45, 7) is -6.88. The van der Waals surface area contributed by atoms with Crippen molar-refractivity contribution in [3.63, 3.8) is 0 Å². The van der Waals surface area contributed by atoms with Crippen LogP contribution in [0.3, 0.4) is 0 Å². The number of methoxy groups -OCH3 is 8. The normalized spacial score (nSPS) is 12.3. The van der Waals surface area contributed by atoms with Gasteiger partial charge in [-0.3, -0.25) is 38.4 Å². The molecule has 7 aromatic rings. The minimum atomic E-state index is -4.65. The van der Waals surface area contributed by atoms with Crippen LogP contribution in [-0.4, -0.2) is 228 Å². The van der Waals surface area contributed by atoms with Gasteiger partial charge in [0.05, 0.1) is 99.2 Å². The Balaban J connectivity index is 1.36. The van der Waals surface area contributed by atoms with E-state index in [1.165, 1.54) is 97.1 Å². The first kappa shape index (κ1) is 77.0. The Bertz CT molecular complexity index is 4560. The SMILES string of the molecule is COC(=O)CN(CC(=O)OC)S(=O)(=O)c1ccc(-c2c3nc(c(-c4ccc(S(=O)(=O)N(CC(=O)OC)CC(=O)OC)cc4)c4ccc([nH]4)c(-c4ccc(S(=O)(=O)N(CC(=O)OC)CC(=O)OC)cc4)c4nc(c(-c5ccc(S(=O)(=O)N(CC(=O)OC)CC(=O)OC)cc5)c5ccc2[nH]5)C=C4)C=C3)cc1. The minimum Gasteiger partial charge on any atom is -0.468 e. The molecule has 0 spiro atoms. The number of hydrogen-bond acceptors (Lipinski definition) is 26. The lowest BCUT2D eigenvalue weighted by atomic mass is 10.0. The number of hydrogen-bond donors (Lipinski definition) is 2. The molecule has 4 aromatic carbocycles. The first-order chi connectivity index (χ1) is 49.4. The smallest absolute Gasteiger partial charge is 0.321 e. The highest BCUT2D eigenvalue weighted by atomic mass is 32.2. The van der Waals surface area contributed by atoms with E-state index in [-0.39, 0.29) is 42.4 Å². The van der Waals surface area contributed by atoms with E-state index in [9.17, 15) is 72.0 Å². The van der Waals surface area contributed by atoms with Gasteiger partial charge in [0, 0.05) is 44.3 Å². The molecule has 0 fully saturated rings. The van der Waals surface area contributed by atoms with Gasteiger partial charge in [0.15, 0.2) is 0 Å². The van der Waals surface area contributed by atoms with Gasteiger partial charge in [-0.1, -0.05) is 48.5 Å². The van der Waals surface area contributed by atoms with Gasteiger partial charge >= 0.3 is 47.8 Å². The van der Waals surface area contributed by atoms with Crippen molar-refractivity contribution in [2.75, 3.05) is 109 Å². The molecule has 5 heterocycles. The lowest BCUT2D eigenvalue weighted by Gasteiger charge is -2.20. The Morgan fingerprint density at radius 3 is 0.567 bits per heavy atom. The topological polar surface area (TPSA) is 417 Å². The zero-order valence-corrected chi connectivity index (χ0v) is 59.9. The Morgan fingerprint density at radius 1 is 0.269 bits per heavy atom. The largest absolute Gasteiger partial charge is 0.468 e. The molecule has 9 rings (SSSR count). The Labute approximate surface area is 595 Å². The van der Waals surface area contributed by atoms with Crippen LogP contribution in [0, 0.1) is 0 Å². The van der Waals surface area contributed by atoms with Crippen molar-refractivity contribution in [1.82, 2.24) is 37.2 Å². The quantitative estimate of drug-likeness (QED) is 0.0497. The number of sulfonamides is 4. The highest BCUT2D eigenvalue weighted by Crippen LogP contribution is 2.40. The van der Waals surface area contributed by atoms with Gasteiger partial charge in [-0.25, -0.2) is 43.6 Å². The number of carbonyl (C=O) groups excluding carboxylic acids is 8. The number of aromatic amines is 2. The van der Waals surface area contributed by atoms with Crippen LogP contribution < -0.4 is 0 Å². The third kappa shape index (κ3) is 16.8. The molecule has 8 bridgehead atoms. The monoisotopic (exact) mass is 1510 g/mol. The summed E-state index contributed by atoms with van der Waals surface area (Å²) < 4.78 is 155. The molecule has 0 radical (unpaired) electrons. The van der Waals surface area contributed by atoms with E-state index < -0.39 is 140 Å². The van der Waals surface area contributed by atoms with E-state index in [1.807, 2.05) is 0 Å². The number of H-pyrrole nitrogens is 2. The number of nitrogens with zero attached hydrogens (tertiary/aromatic N) is 6. The maximum atomic E-state index is 14.3. The molecule has 0 aliphatic carbocycles. The summed E-state index contributed by atoms with van der Waals surface area (Å²) >= 11 is 0. The number of fused-ring (bicyclic) bond motifs is 8. The summed E-state index contributed by atoms with van der Waals surface area (Å²) in [6, 6.07) is 28.2. The van der Waals surface area contributed by atoms with Crippen LogP contribution in [0.25, 0.3) is 90.9 Å². The molecular weight excluding hydrogens is 1440 g/mol. The second kappa shape index (κ2) is 32.5. The average molecular weight is 1510 g/mol. The van der Waals surface area contributed by atoms with Crippen LogP contribution in [0.5, 0.6) is 0 Å². The van der Waals surface area contributed by atoms with Gasteiger partial charge in [-0.15, -0.1) is 0 Å². The molecule has 546 valence electrons. The van der Waals surface area contributed by atoms with Crippen LogP contribution >= 0.6 is 0 Å². The summed E-state index contributed by atoms with van der Waals surface area (Å²) in [7, 11) is -10.3. The van der Waals surface area contributed by atoms with E-state index in [0.29, 0.717) is 83.8 Å². The fourth-order valence-corrected chi connectivity index (χ4v) is 16.1. The average Bonchev–Trinajstić information content (AvgIpc) is 1.62. The van der Waals surface area contributed by atoms with Gasteiger partial charge in [-0.05, 0) is 119 Å². The summed E-state index contributed by atoms with van der Waals surface area (Å²) in [5.41, 5.74) is 4.73. The Hall–Kier alpha value is -11.1. The highest BCUT2D eigenvalue weighted by molar-refractivity contribution is 7.90. The number of aromatic nitrogens is 4. The summed E-state index contributed by atoms with van der Waals surface area (Å²) in [5, 5.41) is 0. The molecule has 32 nitrogen and oxygen atoms in total. The number of esters is 8. The third-order valence-electron chi connectivity index (χ3n) is 16.1. The van der Waals surface area contributed by atoms with Crippen molar-refractivity contribution in [2.45, 2.75) is 19.6 Å². The molecule has 36 heteroatoms. The van der Waals surface area contributed by atoms with E-state index in [4.69, 9.17) is 47.9 Å². The van der Waals surface area contributed by atoms with Gasteiger partial charge in [0.1, 0.15) is 52.4 Å². The first-order valence-corrected chi connectivity index (χ1v) is 36.4. The lowest BCUT2D eigenvalue weighted by molar-refractivity contribution is -0.145. The van der Waals surface area contributed by atoms with Crippen molar-refractivity contribution in [3.8, 4) is 44.5 Å². The molecule has 0 atom stereocenters. The van der Waals surface area contributed by atoms with Gasteiger partial charge in [0.25, 0.3) is 0 Å². The number of rotatable bonds is 28. The van der Waals surface area contributed by atoms with Crippen LogP contribution in [0.15, 0.2) is 141 Å². The fraction of sp³-hybridized carbons (Fsp3) is 0.235. The third-order valence-corrected chi connectivity index (χ3v) is 23.4. The fourth-order valence-electron chi connectivity index (χ4n) is 10.8. The van der Waals surface area contributed by atoms with E-state index >= 15 is 0 Å². The van der Waals surface area contributed by atoms with Crippen molar-refractivity contribution < 1.29 is 110 Å². The maximum Gasteiger partial charge on any atom is 0.321 e. The predicted molar refractivity (Wildman–Crippen MR) is 372 cm³/mol. The number of benzene rings is 4. The van der Waals surface area contributed by atoms with Crippen LogP contribution in [0.2, 0.25) is 0 Å². The van der Waals surface area contributed by atoms with Crippen molar-refractivity contribution in [1.29, 1.82) is 0 Å². The van der Waals surface area contributed by atoms with Gasteiger partial charge in [-0.2, -0.15) is 17.2 Å². The first-order valence-electron chi connectivity index (χ1n) is 30.6. The second-order valence-electron chi connectivity index (χ2n) is 22.3. The van der Waals surface area contributed by atoms with E-state index in [2.05, 4.69) is 9.97 Å². The predicted octanol–water partition coefficient (Wildman–Crippen LogP) is 4.67. The Morgan fingerprint density at radius 2 is 0.423 bits per heavy atom. The highest BCUT2D eigenvalue weighted by Gasteiger charge is 2.35. The summed E-state index contributed by atoms with van der Waals surface area (Å²) in [5.74, 6) is -7.84. The van der Waals surface area contributed by atoms with Crippen molar-refractivity contribution in [3.05, 3.63) is 144 Å². The molecule has 2 aliphatic rings. The van der Waals surface area contributed by atoms with Gasteiger partial charge < -0.3 is 47.9 Å². The number of carbonyl (C=O) groups is 8. The zero-order valence-electron chi connectivity index (χ0n) is 56.6. The molecule has 0 saturated heterocycles. The van der Waals surface area contributed by atoms with E-state index in [0.717, 1.165) is 56.9 Å². The molecule has 0 amide bonds. The van der Waals surface area contributed by atoms with Crippen LogP contribution in [0.4, 0.5) is 0 Å². The lowest BCUT2D eigenvalue weighted by Crippen LogP contribution is -2.40. The standard InChI is InChI=1S/C68H66N8O24S4/c1-93-57(77)33-73(34-58(78)94-2)101(85,86)45-17-9-41(10-18-45)65-49-25-27-51(69-49)66(42-11-19-46(20-12-42)102(87,88)74(35-59(79)95-3)36-60(80)96-4)53-29-31-55(71-53)68(44-15-23-48(24-16-44)104(91,92)76(39-63(83)99-7)40-64(84)100-8)56-32-30-54(72-56)67(52-28-26-50(65)70-52)43-13-21-47(22-14-43)103(89,90)75(37-61(81)97-5)38-62(82)98-6/h9-32,69,72H,33-40H2,1-8H3. The summed E-state index contributed by atoms with van der Waals surface area (Å²) in [4.78, 5) is 116. The number of ether oxygens (including phenoxy) is 8. The Kier molecular flexibility index (Phi) is 24.1. The van der Waals surface area contributed by atoms with Crippen LogP contribution in [-0.2, 0) is 116 Å². The summed E-state index contributed by atoms with van der Waals surface area (Å²) in [6.07, 6.45) is 6.58. The molecular formula is C68H66N8O24S4. The molecule has 104 heavy (non-hydrogen) atoms. The van der Waals surface area contributed by atoms with Gasteiger partial charge in [0.2, 0.25) is 40.1 Å².